The summed E-state index contributed by atoms with van der Waals surface area (Å²) >= 11 is 6.37. The van der Waals surface area contributed by atoms with E-state index < -0.39 is 23.9 Å². The number of anilines is 5. The van der Waals surface area contributed by atoms with Crippen molar-refractivity contribution >= 4 is 63.8 Å². The number of carbonyl (C=O) groups is 4. The van der Waals surface area contributed by atoms with Gasteiger partial charge in [-0.1, -0.05) is 11.6 Å². The van der Waals surface area contributed by atoms with Gasteiger partial charge >= 0.3 is 23.9 Å². The van der Waals surface area contributed by atoms with Crippen LogP contribution in [0.2, 0.25) is 5.02 Å². The zero-order valence-corrected chi connectivity index (χ0v) is 28.5. The van der Waals surface area contributed by atoms with Crippen molar-refractivity contribution in [2.75, 3.05) is 29.0 Å². The number of rotatable bonds is 5. The highest BCUT2D eigenvalue weighted by atomic mass is 35.5. The first-order valence-electron chi connectivity index (χ1n) is 16.0. The fourth-order valence-electron chi connectivity index (χ4n) is 5.55. The van der Waals surface area contributed by atoms with E-state index in [1.54, 1.807) is 24.7 Å². The number of furan rings is 1. The lowest BCUT2D eigenvalue weighted by molar-refractivity contribution is -0.193. The summed E-state index contributed by atoms with van der Waals surface area (Å²) in [5.74, 6) is -5.45. The average molecular weight is 766 g/mol. The fourth-order valence-corrected chi connectivity index (χ4v) is 5.69. The highest BCUT2D eigenvalue weighted by molar-refractivity contribution is 6.41. The molecule has 6 bridgehead atoms. The van der Waals surface area contributed by atoms with Crippen LogP contribution < -0.4 is 16.0 Å². The van der Waals surface area contributed by atoms with Crippen molar-refractivity contribution in [3.63, 3.8) is 0 Å². The fraction of sp³-hybridized carbons (Fsp3) is 0.324. The Morgan fingerprint density at radius 1 is 0.925 bits per heavy atom. The van der Waals surface area contributed by atoms with Crippen molar-refractivity contribution in [3.8, 4) is 0 Å². The van der Waals surface area contributed by atoms with Gasteiger partial charge in [0.1, 0.15) is 5.02 Å². The summed E-state index contributed by atoms with van der Waals surface area (Å²) in [7, 11) is 0. The van der Waals surface area contributed by atoms with Crippen molar-refractivity contribution in [1.82, 2.24) is 19.9 Å². The molecule has 0 saturated carbocycles. The Bertz CT molecular complexity index is 1990. The molecule has 4 aromatic rings. The highest BCUT2D eigenvalue weighted by Crippen LogP contribution is 2.30. The quantitative estimate of drug-likeness (QED) is 0.141. The van der Waals surface area contributed by atoms with Gasteiger partial charge in [-0.25, -0.2) is 4.98 Å². The first-order valence-corrected chi connectivity index (χ1v) is 16.3. The molecular weight excluding hydrogens is 736 g/mol. The molecule has 0 unspecified atom stereocenters. The molecule has 5 heterocycles. The lowest BCUT2D eigenvalue weighted by Gasteiger charge is -2.31. The SMILES string of the molecule is Cc1ccoc1C(=O)N1CCC(CC(=O)Nc2ccc3cc2CCc2cncc(c2)Nc2ncc(Cl)c(n2)N3)CC1.O=C(C(=O)C(F)(F)F)C(F)(F)F. The van der Waals surface area contributed by atoms with Crippen LogP contribution >= 0.6 is 11.6 Å². The van der Waals surface area contributed by atoms with Crippen LogP contribution in [0.4, 0.5) is 55.2 Å². The average Bonchev–Trinajstić information content (AvgIpc) is 3.54. The third kappa shape index (κ3) is 10.1. The maximum atomic E-state index is 13.2. The van der Waals surface area contributed by atoms with Crippen molar-refractivity contribution in [2.24, 2.45) is 5.92 Å². The van der Waals surface area contributed by atoms with Crippen LogP contribution in [0.5, 0.6) is 0 Å². The van der Waals surface area contributed by atoms with E-state index in [0.717, 1.165) is 53.0 Å². The summed E-state index contributed by atoms with van der Waals surface area (Å²) in [6, 6.07) is 9.63. The van der Waals surface area contributed by atoms with Crippen molar-refractivity contribution < 1.29 is 49.9 Å². The van der Waals surface area contributed by atoms with Crippen LogP contribution in [0.15, 0.2) is 59.6 Å². The minimum atomic E-state index is -5.77. The van der Waals surface area contributed by atoms with Gasteiger partial charge in [-0.3, -0.25) is 24.2 Å². The zero-order chi connectivity index (χ0) is 38.5. The predicted octanol–water partition coefficient (Wildman–Crippen LogP) is 7.14. The minimum absolute atomic E-state index is 0.0344. The second-order valence-electron chi connectivity index (χ2n) is 12.2. The van der Waals surface area contributed by atoms with E-state index in [4.69, 9.17) is 16.0 Å². The van der Waals surface area contributed by atoms with E-state index in [0.29, 0.717) is 48.5 Å². The number of Topliss-reactive ketones (excluding diaryl/α,β-unsaturated/α-hetero) is 2. The van der Waals surface area contributed by atoms with Gasteiger partial charge in [0.05, 0.1) is 24.3 Å². The summed E-state index contributed by atoms with van der Waals surface area (Å²) in [4.78, 5) is 60.1. The molecule has 6 rings (SSSR count). The van der Waals surface area contributed by atoms with Crippen LogP contribution in [-0.4, -0.2) is 68.7 Å². The monoisotopic (exact) mass is 765 g/mol. The number of alkyl halides is 6. The molecule has 1 fully saturated rings. The summed E-state index contributed by atoms with van der Waals surface area (Å²) in [5.41, 5.74) is 5.23. The Labute approximate surface area is 302 Å². The molecule has 19 heteroatoms. The number of ketones is 2. The molecule has 53 heavy (non-hydrogen) atoms. The number of fused-ring (bicyclic) bond motifs is 6. The Morgan fingerprint density at radius 2 is 1.62 bits per heavy atom. The standard InChI is InChI=1S/C30H30ClN7O3.C4F6O2/c1-18-8-11-41-27(18)29(40)38-9-6-19(7-10-38)13-26(39)36-25-5-4-22-14-21(25)3-2-20-12-23(16-32-15-20)35-30-33-17-24(31)28(34-22)37-30;5-3(6,7)1(11)2(12)4(8,9)10/h4-5,8,11-12,14-17,19H,2-3,6-7,9-10,13H2,1H3,(H,36,39)(H2,33,34,35,37);. The summed E-state index contributed by atoms with van der Waals surface area (Å²) in [5, 5.41) is 10.00. The van der Waals surface area contributed by atoms with Gasteiger partial charge in [0.2, 0.25) is 11.9 Å². The first kappa shape index (κ1) is 38.7. The maximum absolute atomic E-state index is 13.2. The van der Waals surface area contributed by atoms with Gasteiger partial charge in [-0.15, -0.1) is 0 Å². The van der Waals surface area contributed by atoms with Crippen molar-refractivity contribution in [2.45, 2.75) is 51.4 Å². The molecule has 0 aliphatic carbocycles. The van der Waals surface area contributed by atoms with E-state index in [2.05, 4.69) is 30.9 Å². The maximum Gasteiger partial charge on any atom is 0.458 e. The van der Waals surface area contributed by atoms with Gasteiger partial charge in [0.25, 0.3) is 5.91 Å². The normalized spacial score (nSPS) is 14.5. The number of piperidine rings is 1. The lowest BCUT2D eigenvalue weighted by Crippen LogP contribution is -2.39. The van der Waals surface area contributed by atoms with Crippen molar-refractivity contribution in [1.29, 1.82) is 0 Å². The van der Waals surface area contributed by atoms with E-state index in [-0.39, 0.29) is 17.7 Å². The van der Waals surface area contributed by atoms with Gasteiger partial charge in [0.15, 0.2) is 11.6 Å². The minimum Gasteiger partial charge on any atom is -0.459 e. The number of aromatic nitrogens is 3. The molecule has 12 nitrogen and oxygen atoms in total. The van der Waals surface area contributed by atoms with E-state index in [9.17, 15) is 45.5 Å². The number of likely N-dealkylation sites (tertiary alicyclic amines) is 1. The molecular formula is C34H30ClF6N7O5. The summed E-state index contributed by atoms with van der Waals surface area (Å²) < 4.78 is 72.3. The summed E-state index contributed by atoms with van der Waals surface area (Å²) in [6.45, 7) is 3.09. The zero-order valence-electron chi connectivity index (χ0n) is 27.7. The molecule has 2 aliphatic heterocycles. The molecule has 280 valence electrons. The number of hydrogen-bond acceptors (Lipinski definition) is 10. The van der Waals surface area contributed by atoms with Crippen LogP contribution in [0, 0.1) is 12.8 Å². The smallest absolute Gasteiger partial charge is 0.458 e. The van der Waals surface area contributed by atoms with E-state index in [1.807, 2.05) is 42.3 Å². The molecule has 0 spiro atoms. The number of carbonyl (C=O) groups excluding carboxylic acids is 4. The number of hydrogen-bond donors (Lipinski definition) is 3. The number of nitrogens with zero attached hydrogens (tertiary/aromatic N) is 4. The van der Waals surface area contributed by atoms with Gasteiger partial charge in [0, 0.05) is 42.6 Å². The second-order valence-corrected chi connectivity index (χ2v) is 12.6. The number of pyridine rings is 1. The predicted molar refractivity (Wildman–Crippen MR) is 179 cm³/mol. The second kappa shape index (κ2) is 16.0. The molecule has 3 N–H and O–H groups in total. The largest absolute Gasteiger partial charge is 0.459 e. The van der Waals surface area contributed by atoms with E-state index >= 15 is 0 Å². The third-order valence-corrected chi connectivity index (χ3v) is 8.55. The molecule has 1 saturated heterocycles. The molecule has 1 aromatic carbocycles. The Hall–Kier alpha value is -5.52. The number of aryl methyl sites for hydroxylation is 3. The number of amides is 2. The Kier molecular flexibility index (Phi) is 11.7. The molecule has 0 atom stereocenters. The van der Waals surface area contributed by atoms with Gasteiger partial charge in [-0.05, 0) is 80.0 Å². The molecule has 2 amide bonds. The Morgan fingerprint density at radius 3 is 2.26 bits per heavy atom. The molecule has 2 aliphatic rings. The number of halogens is 7. The Balaban J connectivity index is 0.000000390. The van der Waals surface area contributed by atoms with Crippen LogP contribution in [0.3, 0.4) is 0 Å². The lowest BCUT2D eigenvalue weighted by atomic mass is 9.93. The highest BCUT2D eigenvalue weighted by Gasteiger charge is 2.54. The van der Waals surface area contributed by atoms with Crippen LogP contribution in [0.25, 0.3) is 0 Å². The van der Waals surface area contributed by atoms with Gasteiger partial charge in [-0.2, -0.15) is 31.3 Å². The number of nitrogens with one attached hydrogen (secondary N) is 3. The third-order valence-electron chi connectivity index (χ3n) is 8.27. The van der Waals surface area contributed by atoms with E-state index in [1.165, 1.54) is 0 Å². The van der Waals surface area contributed by atoms with Crippen LogP contribution in [0.1, 0.15) is 46.5 Å². The van der Waals surface area contributed by atoms with Gasteiger partial charge < -0.3 is 25.3 Å². The molecule has 0 radical (unpaired) electrons. The molecule has 3 aromatic heterocycles. The topological polar surface area (TPSA) is 159 Å². The van der Waals surface area contributed by atoms with Crippen molar-refractivity contribution in [3.05, 3.63) is 82.7 Å². The summed E-state index contributed by atoms with van der Waals surface area (Å²) in [6.07, 6.45) is -1.53. The van der Waals surface area contributed by atoms with Crippen LogP contribution in [-0.2, 0) is 27.2 Å². The first-order chi connectivity index (χ1) is 25.0. The number of benzene rings is 1.